The van der Waals surface area contributed by atoms with Crippen molar-refractivity contribution in [3.63, 3.8) is 0 Å². The molecular formula is C31H39FN4O9. The highest BCUT2D eigenvalue weighted by molar-refractivity contribution is 5.96. The third-order valence-electron chi connectivity index (χ3n) is 9.23. The fraction of sp³-hybridized carbons (Fsp3) is 0.581. The molecule has 244 valence electrons. The van der Waals surface area contributed by atoms with Crippen molar-refractivity contribution >= 4 is 30.0 Å². The summed E-state index contributed by atoms with van der Waals surface area (Å²) in [5.74, 6) is -4.42. The van der Waals surface area contributed by atoms with E-state index in [1.165, 1.54) is 17.0 Å². The average Bonchev–Trinajstić information content (AvgIpc) is 3.39. The molecule has 14 heteroatoms. The topological polar surface area (TPSA) is 166 Å². The molecule has 0 radical (unpaired) electrons. The summed E-state index contributed by atoms with van der Waals surface area (Å²) >= 11 is 0. The monoisotopic (exact) mass is 630 g/mol. The number of amides is 4. The van der Waals surface area contributed by atoms with Crippen molar-refractivity contribution in [3.05, 3.63) is 47.8 Å². The summed E-state index contributed by atoms with van der Waals surface area (Å²) in [5.41, 5.74) is -0.568. The number of hydroxylamine groups is 2. The number of halogens is 1. The fourth-order valence-electron chi connectivity index (χ4n) is 6.58. The van der Waals surface area contributed by atoms with Gasteiger partial charge >= 0.3 is 18.2 Å². The van der Waals surface area contributed by atoms with Gasteiger partial charge in [0, 0.05) is 24.4 Å². The SMILES string of the molecule is C=C[C@@H]1CC1(NC(=O)[C@@H]1C[C@@H](OC(=O)N2Cc3cccc(F)c3C2)CN1C(=O)C(C(C)C)N(O)C(=O)OC1CCCC1)C(=O)O. The number of carbonyl (C=O) groups excluding carboxylic acids is 4. The molecule has 0 bridgehead atoms. The van der Waals surface area contributed by atoms with Gasteiger partial charge in [0.15, 0.2) is 0 Å². The smallest absolute Gasteiger partial charge is 0.434 e. The number of hydrogen-bond donors (Lipinski definition) is 3. The molecule has 1 saturated heterocycles. The minimum Gasteiger partial charge on any atom is -0.479 e. The maximum absolute atomic E-state index is 14.3. The van der Waals surface area contributed by atoms with Crippen LogP contribution in [0.2, 0.25) is 0 Å². The molecule has 0 aromatic heterocycles. The van der Waals surface area contributed by atoms with Gasteiger partial charge in [0.25, 0.3) is 0 Å². The molecule has 2 aliphatic carbocycles. The maximum Gasteiger partial charge on any atom is 0.434 e. The van der Waals surface area contributed by atoms with E-state index in [0.717, 1.165) is 17.7 Å². The molecule has 3 fully saturated rings. The highest BCUT2D eigenvalue weighted by Crippen LogP contribution is 2.45. The number of carboxylic acid groups (broad SMARTS) is 1. The molecule has 45 heavy (non-hydrogen) atoms. The standard InChI is InChI=1S/C31H39FN4O9/c1-4-19-13-31(19,28(39)40)33-26(37)24-12-21(45-29(41)34-14-18-8-7-11-23(32)22(18)16-34)15-35(24)27(38)25(17(2)3)36(43)30(42)44-20-9-5-6-10-20/h4,7-8,11,17,19-21,24-25,43H,1,5-6,9-10,12-16H2,2-3H3,(H,33,37)(H,39,40)/t19-,21-,24+,25?,31?/m1/s1. The van der Waals surface area contributed by atoms with Gasteiger partial charge in [0.05, 0.1) is 13.1 Å². The lowest BCUT2D eigenvalue weighted by Crippen LogP contribution is -2.58. The van der Waals surface area contributed by atoms with Crippen LogP contribution in [0.15, 0.2) is 30.9 Å². The number of ether oxygens (including phenoxy) is 2. The Bertz CT molecular complexity index is 1380. The van der Waals surface area contributed by atoms with Crippen molar-refractivity contribution in [1.82, 2.24) is 20.2 Å². The summed E-state index contributed by atoms with van der Waals surface area (Å²) in [6.07, 6.45) is 1.20. The number of likely N-dealkylation sites (tertiary alicyclic amines) is 1. The van der Waals surface area contributed by atoms with Gasteiger partial charge in [-0.25, -0.2) is 18.8 Å². The first-order valence-corrected chi connectivity index (χ1v) is 15.2. The van der Waals surface area contributed by atoms with Crippen molar-refractivity contribution < 1.29 is 48.2 Å². The second kappa shape index (κ2) is 12.7. The molecule has 1 aromatic carbocycles. The van der Waals surface area contributed by atoms with Gasteiger partial charge < -0.3 is 24.8 Å². The van der Waals surface area contributed by atoms with Crippen LogP contribution in [-0.2, 0) is 36.9 Å². The van der Waals surface area contributed by atoms with Crippen LogP contribution in [0.1, 0.15) is 63.5 Å². The molecular weight excluding hydrogens is 591 g/mol. The minimum atomic E-state index is -1.58. The highest BCUT2D eigenvalue weighted by atomic mass is 19.1. The van der Waals surface area contributed by atoms with Crippen LogP contribution in [0.25, 0.3) is 0 Å². The number of aliphatic carboxylic acids is 1. The molecule has 4 aliphatic rings. The van der Waals surface area contributed by atoms with Gasteiger partial charge in [-0.15, -0.1) is 6.58 Å². The van der Waals surface area contributed by atoms with E-state index in [4.69, 9.17) is 9.47 Å². The lowest BCUT2D eigenvalue weighted by atomic mass is 10.0. The summed E-state index contributed by atoms with van der Waals surface area (Å²) in [7, 11) is 0. The third-order valence-corrected chi connectivity index (χ3v) is 9.23. The van der Waals surface area contributed by atoms with Crippen LogP contribution in [0.4, 0.5) is 14.0 Å². The lowest BCUT2D eigenvalue weighted by molar-refractivity contribution is -0.164. The van der Waals surface area contributed by atoms with E-state index in [-0.39, 0.29) is 43.6 Å². The van der Waals surface area contributed by atoms with Crippen LogP contribution in [0.5, 0.6) is 0 Å². The Morgan fingerprint density at radius 1 is 1.13 bits per heavy atom. The number of rotatable bonds is 9. The van der Waals surface area contributed by atoms with E-state index in [2.05, 4.69) is 11.9 Å². The first-order chi connectivity index (χ1) is 21.4. The predicted molar refractivity (Wildman–Crippen MR) is 154 cm³/mol. The number of fused-ring (bicyclic) bond motifs is 1. The summed E-state index contributed by atoms with van der Waals surface area (Å²) in [6, 6.07) is 1.82. The summed E-state index contributed by atoms with van der Waals surface area (Å²) in [5, 5.41) is 23.5. The van der Waals surface area contributed by atoms with E-state index in [9.17, 15) is 38.7 Å². The van der Waals surface area contributed by atoms with Gasteiger partial charge in [-0.05, 0) is 49.7 Å². The van der Waals surface area contributed by atoms with E-state index in [1.54, 1.807) is 26.0 Å². The fourth-order valence-corrected chi connectivity index (χ4v) is 6.58. The second-order valence-corrected chi connectivity index (χ2v) is 12.6. The number of carbonyl (C=O) groups is 5. The molecule has 1 aromatic rings. The summed E-state index contributed by atoms with van der Waals surface area (Å²) in [4.78, 5) is 68.0. The Balaban J connectivity index is 1.34. The quantitative estimate of drug-likeness (QED) is 0.211. The molecule has 2 saturated carbocycles. The van der Waals surface area contributed by atoms with Gasteiger partial charge in [-0.2, -0.15) is 5.06 Å². The molecule has 2 heterocycles. The third kappa shape index (κ3) is 6.33. The lowest BCUT2D eigenvalue weighted by Gasteiger charge is -2.33. The van der Waals surface area contributed by atoms with Crippen LogP contribution in [0.3, 0.4) is 0 Å². The van der Waals surface area contributed by atoms with Crippen LogP contribution in [-0.4, -0.2) is 91.5 Å². The average molecular weight is 631 g/mol. The van der Waals surface area contributed by atoms with E-state index < -0.39 is 71.3 Å². The van der Waals surface area contributed by atoms with Crippen molar-refractivity contribution in [2.45, 2.75) is 95.3 Å². The van der Waals surface area contributed by atoms with Gasteiger partial charge in [0.1, 0.15) is 35.6 Å². The Morgan fingerprint density at radius 3 is 2.44 bits per heavy atom. The molecule has 2 unspecified atom stereocenters. The molecule has 5 atom stereocenters. The first kappa shape index (κ1) is 32.2. The minimum absolute atomic E-state index is 0.0117. The Hall–Kier alpha value is -4.20. The number of benzene rings is 1. The number of nitrogens with one attached hydrogen (secondary N) is 1. The van der Waals surface area contributed by atoms with E-state index >= 15 is 0 Å². The van der Waals surface area contributed by atoms with Gasteiger partial charge in [-0.1, -0.05) is 32.1 Å². The zero-order valence-electron chi connectivity index (χ0n) is 25.3. The molecule has 5 rings (SSSR count). The van der Waals surface area contributed by atoms with E-state index in [1.807, 2.05) is 0 Å². The summed E-state index contributed by atoms with van der Waals surface area (Å²) in [6.45, 7) is 6.69. The Morgan fingerprint density at radius 2 is 1.84 bits per heavy atom. The number of carboxylic acids is 1. The molecule has 0 spiro atoms. The van der Waals surface area contributed by atoms with Crippen molar-refractivity contribution in [1.29, 1.82) is 0 Å². The molecule has 2 aliphatic heterocycles. The Kier molecular flexibility index (Phi) is 9.06. The molecule has 4 amide bonds. The van der Waals surface area contributed by atoms with Crippen LogP contribution < -0.4 is 5.32 Å². The summed E-state index contributed by atoms with van der Waals surface area (Å²) < 4.78 is 25.3. The molecule has 13 nitrogen and oxygen atoms in total. The van der Waals surface area contributed by atoms with Crippen molar-refractivity contribution in [3.8, 4) is 0 Å². The maximum atomic E-state index is 14.3. The van der Waals surface area contributed by atoms with Gasteiger partial charge in [-0.3, -0.25) is 19.7 Å². The van der Waals surface area contributed by atoms with Gasteiger partial charge in [0.2, 0.25) is 11.8 Å². The van der Waals surface area contributed by atoms with Crippen LogP contribution in [0, 0.1) is 17.7 Å². The van der Waals surface area contributed by atoms with E-state index in [0.29, 0.717) is 24.0 Å². The zero-order chi connectivity index (χ0) is 32.6. The normalized spacial score (nSPS) is 26.3. The highest BCUT2D eigenvalue weighted by Gasteiger charge is 2.61. The van der Waals surface area contributed by atoms with Crippen molar-refractivity contribution in [2.75, 3.05) is 6.54 Å². The molecule has 3 N–H and O–H groups in total. The van der Waals surface area contributed by atoms with Crippen molar-refractivity contribution in [2.24, 2.45) is 11.8 Å². The first-order valence-electron chi connectivity index (χ1n) is 15.2. The zero-order valence-corrected chi connectivity index (χ0v) is 25.3. The number of hydrogen-bond acceptors (Lipinski definition) is 8. The predicted octanol–water partition coefficient (Wildman–Crippen LogP) is 3.19. The van der Waals surface area contributed by atoms with Crippen LogP contribution >= 0.6 is 0 Å². The Labute approximate surface area is 259 Å². The number of nitrogens with zero attached hydrogens (tertiary/aromatic N) is 3. The second-order valence-electron chi connectivity index (χ2n) is 12.6. The largest absolute Gasteiger partial charge is 0.479 e.